The van der Waals surface area contributed by atoms with Gasteiger partial charge in [-0.15, -0.1) is 0 Å². The van der Waals surface area contributed by atoms with Gasteiger partial charge in [0, 0.05) is 88.0 Å². The number of rotatable bonds is 42. The molecule has 2 aromatic carbocycles. The van der Waals surface area contributed by atoms with Gasteiger partial charge >= 0.3 is 6.03 Å². The number of likely N-dealkylation sites (N-methyl/N-ethyl adjacent to an activating group) is 2. The Balaban J connectivity index is 0.865. The van der Waals surface area contributed by atoms with Crippen LogP contribution in [-0.4, -0.2) is 226 Å². The fraction of sp³-hybridized carbons (Fsp3) is 0.716. The zero-order valence-electron chi connectivity index (χ0n) is 68.5. The molecular weight excluding hydrogens is 1420 g/mol. The first-order valence-electron chi connectivity index (χ1n) is 40.3. The molecule has 11 N–H and O–H groups in total. The fourth-order valence-corrected chi connectivity index (χ4v) is 17.4. The van der Waals surface area contributed by atoms with Crippen LogP contribution in [0.5, 0.6) is 0 Å². The predicted octanol–water partition coefficient (Wildman–Crippen LogP) is 7.27. The number of urea groups is 1. The molecule has 5 unspecified atom stereocenters. The van der Waals surface area contributed by atoms with E-state index < -0.39 is 96.0 Å². The number of amides is 10. The molecule has 7 rings (SSSR count). The summed E-state index contributed by atoms with van der Waals surface area (Å²) in [5.41, 5.74) is 26.8. The first-order chi connectivity index (χ1) is 52.8. The van der Waals surface area contributed by atoms with E-state index in [9.17, 15) is 48.7 Å². The van der Waals surface area contributed by atoms with Gasteiger partial charge in [-0.2, -0.15) is 0 Å². The van der Waals surface area contributed by atoms with Crippen molar-refractivity contribution in [1.82, 2.24) is 56.6 Å². The number of hydrogen-bond donors (Lipinski definition) is 9. The maximum absolute atomic E-state index is 14.6. The summed E-state index contributed by atoms with van der Waals surface area (Å²) in [6, 6.07) is 6.29. The number of hydrogen-bond acceptors (Lipinski definition) is 18. The Morgan fingerprint density at radius 3 is 2.02 bits per heavy atom. The van der Waals surface area contributed by atoms with Gasteiger partial charge in [0.15, 0.2) is 0 Å². The maximum atomic E-state index is 14.6. The van der Waals surface area contributed by atoms with Crippen molar-refractivity contribution < 1.29 is 62.1 Å². The Bertz CT molecular complexity index is 3660. The van der Waals surface area contributed by atoms with Gasteiger partial charge in [0.25, 0.3) is 5.91 Å². The van der Waals surface area contributed by atoms with Crippen molar-refractivity contribution in [3.05, 3.63) is 75.4 Å². The molecule has 2 heterocycles. The van der Waals surface area contributed by atoms with Gasteiger partial charge < -0.3 is 77.4 Å². The molecule has 616 valence electrons. The van der Waals surface area contributed by atoms with Crippen LogP contribution < -0.4 is 48.7 Å². The molecular formula is C81H129N17O13. The summed E-state index contributed by atoms with van der Waals surface area (Å²) in [5, 5.41) is 23.7. The summed E-state index contributed by atoms with van der Waals surface area (Å²) >= 11 is 0. The van der Waals surface area contributed by atoms with E-state index in [-0.39, 0.29) is 131 Å². The van der Waals surface area contributed by atoms with Gasteiger partial charge in [-0.25, -0.2) is 14.8 Å². The number of carbonyl (C=O) groups excluding carboxylic acids is 9. The van der Waals surface area contributed by atoms with Crippen LogP contribution in [0.3, 0.4) is 0 Å². The highest BCUT2D eigenvalue weighted by Gasteiger charge is 2.62. The predicted molar refractivity (Wildman–Crippen MR) is 425 cm³/mol. The van der Waals surface area contributed by atoms with E-state index in [1.807, 2.05) is 66.6 Å². The van der Waals surface area contributed by atoms with Crippen LogP contribution in [0.1, 0.15) is 186 Å². The number of nitrogens with two attached hydrogens (primary N) is 2. The Hall–Kier alpha value is -8.12. The third-order valence-corrected chi connectivity index (χ3v) is 23.8. The lowest BCUT2D eigenvalue weighted by atomic mass is 9.58. The molecule has 30 heteroatoms. The van der Waals surface area contributed by atoms with Crippen molar-refractivity contribution in [3.63, 3.8) is 0 Å². The molecule has 2 saturated carbocycles. The highest BCUT2D eigenvalue weighted by Crippen LogP contribution is 2.60. The monoisotopic (exact) mass is 1550 g/mol. The molecule has 30 nitrogen and oxygen atoms in total. The number of fused-ring (bicyclic) bond motifs is 7. The minimum absolute atomic E-state index is 0.00781. The van der Waals surface area contributed by atoms with Crippen LogP contribution in [0.25, 0.3) is 21.5 Å². The Morgan fingerprint density at radius 2 is 1.39 bits per heavy atom. The van der Waals surface area contributed by atoms with Crippen LogP contribution in [0, 0.1) is 46.8 Å². The van der Waals surface area contributed by atoms with Gasteiger partial charge in [-0.3, -0.25) is 43.3 Å². The van der Waals surface area contributed by atoms with Crippen LogP contribution in [0.15, 0.2) is 47.6 Å². The number of nitrogens with one attached hydrogen (secondary N) is 7. The molecule has 4 aliphatic rings. The Morgan fingerprint density at radius 1 is 0.721 bits per heavy atom. The largest absolute Gasteiger partial charge is 0.379 e. The third kappa shape index (κ3) is 24.0. The minimum atomic E-state index is -1.12. The molecule has 1 aliphatic heterocycles. The van der Waals surface area contributed by atoms with E-state index in [2.05, 4.69) is 54.2 Å². The number of methoxy groups -OCH3 is 2. The molecule has 3 aliphatic carbocycles. The SMILES string of the molecule is CC[C@H](C)[C@@H]([C@@H](CC(=O)N1CCC[C@H]1[C@H](OC)[C@@H](C)C(=O)N[C@H](CN=[N+]=[N-])Cc1ccc(NC(=O)C(CCCNC(N)=O)NC(=O)[C@@H](NC(=O)CCOCCOCCNC(=O)c2ccc3nc4c(nc3c2)CC2(N)C3CCCCCCC(C3)C2(C)C4)C(C)C)cc1)OC)N(C)C(=O)[C@@H](NC(=O)[C@H](C(C)C)N(C)C)C(C)C. The van der Waals surface area contributed by atoms with Gasteiger partial charge in [-0.05, 0) is 154 Å². The highest BCUT2D eigenvalue weighted by atomic mass is 16.5. The topological polar surface area (TPSA) is 411 Å². The van der Waals surface area contributed by atoms with Crippen LogP contribution >= 0.6 is 0 Å². The van der Waals surface area contributed by atoms with Gasteiger partial charge in [-0.1, -0.05) is 119 Å². The number of anilines is 1. The molecule has 0 radical (unpaired) electrons. The summed E-state index contributed by atoms with van der Waals surface area (Å²) in [7, 11) is 8.40. The molecule has 15 atom stereocenters. The van der Waals surface area contributed by atoms with Gasteiger partial charge in [0.1, 0.15) is 18.1 Å². The van der Waals surface area contributed by atoms with E-state index in [0.717, 1.165) is 29.7 Å². The summed E-state index contributed by atoms with van der Waals surface area (Å²) in [5.74, 6) is -3.53. The molecule has 1 saturated heterocycles. The molecule has 2 bridgehead atoms. The van der Waals surface area contributed by atoms with Crippen molar-refractivity contribution in [3.8, 4) is 0 Å². The second-order valence-electron chi connectivity index (χ2n) is 32.7. The van der Waals surface area contributed by atoms with Gasteiger partial charge in [0.2, 0.25) is 41.4 Å². The number of nitrogens with zero attached hydrogens (tertiary/aromatic N) is 8. The lowest BCUT2D eigenvalue weighted by molar-refractivity contribution is -0.148. The summed E-state index contributed by atoms with van der Waals surface area (Å²) in [6.07, 6.45) is 11.0. The van der Waals surface area contributed by atoms with Crippen LogP contribution in [0.4, 0.5) is 10.5 Å². The normalized spacial score (nSPS) is 21.6. The van der Waals surface area contributed by atoms with Gasteiger partial charge in [0.05, 0.1) is 91.5 Å². The molecule has 0 spiro atoms. The Kier molecular flexibility index (Phi) is 34.6. The molecule has 111 heavy (non-hydrogen) atoms. The first-order valence-corrected chi connectivity index (χ1v) is 40.3. The van der Waals surface area contributed by atoms with Crippen molar-refractivity contribution in [2.75, 3.05) is 93.3 Å². The van der Waals surface area contributed by atoms with Crippen molar-refractivity contribution in [1.29, 1.82) is 0 Å². The number of benzene rings is 2. The summed E-state index contributed by atoms with van der Waals surface area (Å²) in [6.45, 7) is 20.6. The Labute approximate surface area is 656 Å². The third-order valence-electron chi connectivity index (χ3n) is 23.8. The number of carbonyl (C=O) groups is 9. The summed E-state index contributed by atoms with van der Waals surface area (Å²) in [4.78, 5) is 142. The maximum Gasteiger partial charge on any atom is 0.312 e. The van der Waals surface area contributed by atoms with Crippen molar-refractivity contribution >= 4 is 70.0 Å². The minimum Gasteiger partial charge on any atom is -0.379 e. The number of primary amides is 1. The zero-order valence-corrected chi connectivity index (χ0v) is 68.5. The van der Waals surface area contributed by atoms with Crippen LogP contribution in [-0.2, 0) is 71.8 Å². The van der Waals surface area contributed by atoms with E-state index in [0.29, 0.717) is 66.4 Å². The molecule has 3 aromatic rings. The van der Waals surface area contributed by atoms with Crippen LogP contribution in [0.2, 0.25) is 0 Å². The quantitative estimate of drug-likeness (QED) is 0.0116. The average Bonchev–Trinajstić information content (AvgIpc) is 1.57. The fourth-order valence-electron chi connectivity index (χ4n) is 17.4. The van der Waals surface area contributed by atoms with Crippen molar-refractivity contribution in [2.45, 2.75) is 238 Å². The number of ether oxygens (including phenoxy) is 4. The first kappa shape index (κ1) is 90.1. The summed E-state index contributed by atoms with van der Waals surface area (Å²) < 4.78 is 23.6. The number of aromatic nitrogens is 2. The average molecular weight is 1550 g/mol. The van der Waals surface area contributed by atoms with E-state index in [1.54, 1.807) is 74.0 Å². The lowest BCUT2D eigenvalue weighted by Gasteiger charge is -2.50. The smallest absolute Gasteiger partial charge is 0.312 e. The van der Waals surface area contributed by atoms with E-state index >= 15 is 0 Å². The standard InChI is InChI=1S/C81H129N17O13/c1-16-51(8)71(97(13)78(106)69(49(4)5)94-77(105)70(50(6)7)96(11)12)65(108-14)44-67(100)98-36-22-26-64(98)72(109-15)52(9)73(101)89-58(47-87-95-84)41-53-27-30-57(31-28-53)88-75(103)60(25-21-34-86-79(82)107)92-76(104)68(48(2)3)93-66(99)33-37-110-39-40-111-38-35-85-74(102)54-29-32-59-61(42-54)91-63-46-81(83)56-24-20-18-17-19-23-55(43-56)80(81,10)45-62(63)90-59/h27-32,42,48-52,55-56,58,60,64-65,68-72H,16-26,33-41,43-47,83H2,1-15H3,(H,85,102)(H,88,103)(H,89,101)(H,92,104)(H,93,99)(H,94,105)(H3,82,86,107)/t51-,52+,55?,56?,58-,60?,64-,65+,68-,69-,70-,71-,72+,80?,81?/m0/s1. The second-order valence-corrected chi connectivity index (χ2v) is 32.7. The number of likely N-dealkylation sites (tertiary alicyclic amines) is 1. The second kappa shape index (κ2) is 42.7. The molecule has 10 amide bonds. The van der Waals surface area contributed by atoms with E-state index in [1.165, 1.54) is 52.7 Å². The molecule has 1 aromatic heterocycles. The van der Waals surface area contributed by atoms with Crippen molar-refractivity contribution in [2.24, 2.45) is 63.4 Å². The highest BCUT2D eigenvalue weighted by molar-refractivity contribution is 5.99. The van der Waals surface area contributed by atoms with E-state index in [4.69, 9.17) is 40.4 Å². The molecule has 3 fully saturated rings. The lowest BCUT2D eigenvalue weighted by Crippen LogP contribution is -2.61. The number of azide groups is 1. The zero-order chi connectivity index (χ0) is 81.4.